The van der Waals surface area contributed by atoms with E-state index < -0.39 is 0 Å². The summed E-state index contributed by atoms with van der Waals surface area (Å²) in [4.78, 5) is 1.22. The lowest BCUT2D eigenvalue weighted by atomic mass is 9.99. The summed E-state index contributed by atoms with van der Waals surface area (Å²) < 4.78 is 14.7. The predicted molar refractivity (Wildman–Crippen MR) is 83.7 cm³/mol. The van der Waals surface area contributed by atoms with Gasteiger partial charge in [0.2, 0.25) is 0 Å². The van der Waals surface area contributed by atoms with Gasteiger partial charge in [-0.1, -0.05) is 24.6 Å². The average molecular weight is 363 g/mol. The molecule has 1 aromatic heterocycles. The van der Waals surface area contributed by atoms with Crippen molar-refractivity contribution in [2.45, 2.75) is 19.9 Å². The molecule has 0 fully saturated rings. The van der Waals surface area contributed by atoms with Gasteiger partial charge in [0.25, 0.3) is 0 Å². The highest BCUT2D eigenvalue weighted by Gasteiger charge is 2.18. The maximum atomic E-state index is 13.6. The second-order valence-corrected chi connectivity index (χ2v) is 7.27. The van der Waals surface area contributed by atoms with E-state index in [9.17, 15) is 4.39 Å². The molecule has 0 saturated heterocycles. The quantitative estimate of drug-likeness (QED) is 0.777. The summed E-state index contributed by atoms with van der Waals surface area (Å²) >= 11 is 10.9. The number of hydrogen-bond acceptors (Lipinski definition) is 2. The van der Waals surface area contributed by atoms with Gasteiger partial charge >= 0.3 is 0 Å². The van der Waals surface area contributed by atoms with Crippen LogP contribution in [0.5, 0.6) is 0 Å². The Morgan fingerprint density at radius 1 is 1.42 bits per heavy atom. The summed E-state index contributed by atoms with van der Waals surface area (Å²) in [5.41, 5.74) is 2.05. The number of nitrogens with one attached hydrogen (secondary N) is 1. The molecule has 0 aliphatic heterocycles. The summed E-state index contributed by atoms with van der Waals surface area (Å²) in [5, 5.41) is 3.55. The summed E-state index contributed by atoms with van der Waals surface area (Å²) in [5.74, 6) is -0.381. The molecule has 0 bridgehead atoms. The minimum atomic E-state index is -0.381. The van der Waals surface area contributed by atoms with Gasteiger partial charge in [0, 0.05) is 4.88 Å². The van der Waals surface area contributed by atoms with E-state index in [2.05, 4.69) is 34.2 Å². The van der Waals surface area contributed by atoms with Crippen LogP contribution in [0.3, 0.4) is 0 Å². The van der Waals surface area contributed by atoms with Gasteiger partial charge in [-0.05, 0) is 58.7 Å². The molecule has 2 aromatic rings. The van der Waals surface area contributed by atoms with Gasteiger partial charge in [0.1, 0.15) is 5.82 Å². The van der Waals surface area contributed by atoms with Crippen molar-refractivity contribution in [2.24, 2.45) is 0 Å². The van der Waals surface area contributed by atoms with Crippen molar-refractivity contribution in [1.29, 1.82) is 0 Å². The Bertz CT molecular complexity index is 585. The van der Waals surface area contributed by atoms with Crippen molar-refractivity contribution in [2.75, 3.05) is 6.54 Å². The fraction of sp³-hybridized carbons (Fsp3) is 0.286. The van der Waals surface area contributed by atoms with Crippen LogP contribution in [-0.4, -0.2) is 6.54 Å². The first-order chi connectivity index (χ1) is 9.02. The van der Waals surface area contributed by atoms with Crippen molar-refractivity contribution in [3.05, 3.63) is 54.9 Å². The van der Waals surface area contributed by atoms with Gasteiger partial charge in [0.05, 0.1) is 14.9 Å². The molecule has 1 nitrogen and oxygen atoms in total. The van der Waals surface area contributed by atoms with Crippen LogP contribution in [0.4, 0.5) is 4.39 Å². The third kappa shape index (κ3) is 3.37. The lowest BCUT2D eigenvalue weighted by molar-refractivity contribution is 0.603. The number of aryl methyl sites for hydroxylation is 1. The highest BCUT2D eigenvalue weighted by Crippen LogP contribution is 2.34. The van der Waals surface area contributed by atoms with Crippen molar-refractivity contribution in [3.63, 3.8) is 0 Å². The van der Waals surface area contributed by atoms with Gasteiger partial charge in [-0.25, -0.2) is 4.39 Å². The Morgan fingerprint density at radius 3 is 2.68 bits per heavy atom. The molecular formula is C14H14BrClFNS. The predicted octanol–water partition coefficient (Wildman–Crippen LogP) is 5.31. The van der Waals surface area contributed by atoms with Gasteiger partial charge < -0.3 is 5.32 Å². The molecule has 0 saturated carbocycles. The Morgan fingerprint density at radius 2 is 2.16 bits per heavy atom. The largest absolute Gasteiger partial charge is 0.306 e. The third-order valence-corrected chi connectivity index (χ3v) is 4.80. The smallest absolute Gasteiger partial charge is 0.142 e. The van der Waals surface area contributed by atoms with Gasteiger partial charge in [-0.15, -0.1) is 11.3 Å². The first-order valence-electron chi connectivity index (χ1n) is 5.97. The van der Waals surface area contributed by atoms with E-state index in [0.29, 0.717) is 0 Å². The Balaban J connectivity index is 2.44. The SMILES string of the molecule is CCNC(c1ccc(Cl)c(F)c1)c1cc(Br)sc1C. The number of benzene rings is 1. The molecular weight excluding hydrogens is 349 g/mol. The molecule has 1 N–H and O–H groups in total. The van der Waals surface area contributed by atoms with Crippen LogP contribution in [0.25, 0.3) is 0 Å². The fourth-order valence-corrected chi connectivity index (χ4v) is 3.91. The highest BCUT2D eigenvalue weighted by molar-refractivity contribution is 9.11. The molecule has 1 heterocycles. The lowest BCUT2D eigenvalue weighted by Crippen LogP contribution is -2.22. The zero-order valence-corrected chi connectivity index (χ0v) is 13.8. The summed E-state index contributed by atoms with van der Waals surface area (Å²) in [6, 6.07) is 7.04. The first-order valence-corrected chi connectivity index (χ1v) is 7.95. The van der Waals surface area contributed by atoms with E-state index in [1.165, 1.54) is 16.5 Å². The van der Waals surface area contributed by atoms with Crippen LogP contribution in [0, 0.1) is 12.7 Å². The number of halogens is 3. The lowest BCUT2D eigenvalue weighted by Gasteiger charge is -2.19. The normalized spacial score (nSPS) is 12.7. The van der Waals surface area contributed by atoms with Crippen molar-refractivity contribution in [3.8, 4) is 0 Å². The average Bonchev–Trinajstić information content (AvgIpc) is 2.69. The van der Waals surface area contributed by atoms with E-state index >= 15 is 0 Å². The second kappa shape index (κ2) is 6.35. The molecule has 0 aliphatic carbocycles. The molecule has 102 valence electrons. The van der Waals surface area contributed by atoms with Crippen molar-refractivity contribution < 1.29 is 4.39 Å². The molecule has 0 amide bonds. The monoisotopic (exact) mass is 361 g/mol. The standard InChI is InChI=1S/C14H14BrClFNS/c1-3-18-14(10-7-13(15)19-8(10)2)9-4-5-11(16)12(17)6-9/h4-7,14,18H,3H2,1-2H3. The Hall–Kier alpha value is -0.420. The minimum Gasteiger partial charge on any atom is -0.306 e. The molecule has 0 radical (unpaired) electrons. The minimum absolute atomic E-state index is 0.0145. The van der Waals surface area contributed by atoms with E-state index in [0.717, 1.165) is 15.9 Å². The van der Waals surface area contributed by atoms with Crippen LogP contribution in [0.2, 0.25) is 5.02 Å². The number of thiophene rings is 1. The van der Waals surface area contributed by atoms with Crippen molar-refractivity contribution >= 4 is 38.9 Å². The van der Waals surface area contributed by atoms with E-state index in [4.69, 9.17) is 11.6 Å². The van der Waals surface area contributed by atoms with E-state index in [-0.39, 0.29) is 16.9 Å². The van der Waals surface area contributed by atoms with E-state index in [1.54, 1.807) is 17.4 Å². The maximum Gasteiger partial charge on any atom is 0.142 e. The summed E-state index contributed by atoms with van der Waals surface area (Å²) in [7, 11) is 0. The Labute approximate surface area is 129 Å². The highest BCUT2D eigenvalue weighted by atomic mass is 79.9. The van der Waals surface area contributed by atoms with Crippen LogP contribution in [0.15, 0.2) is 28.1 Å². The number of rotatable bonds is 4. The third-order valence-electron chi connectivity index (χ3n) is 2.92. The van der Waals surface area contributed by atoms with Crippen LogP contribution < -0.4 is 5.32 Å². The van der Waals surface area contributed by atoms with Gasteiger partial charge in [-0.3, -0.25) is 0 Å². The molecule has 2 rings (SSSR count). The molecule has 5 heteroatoms. The Kier molecular flexibility index (Phi) is 5.01. The zero-order chi connectivity index (χ0) is 14.0. The fourth-order valence-electron chi connectivity index (χ4n) is 2.05. The molecule has 1 atom stereocenters. The molecule has 19 heavy (non-hydrogen) atoms. The number of hydrogen-bond donors (Lipinski definition) is 1. The first kappa shape index (κ1) is 15.0. The van der Waals surface area contributed by atoms with Crippen LogP contribution >= 0.6 is 38.9 Å². The maximum absolute atomic E-state index is 13.6. The van der Waals surface area contributed by atoms with Gasteiger partial charge in [-0.2, -0.15) is 0 Å². The van der Waals surface area contributed by atoms with Crippen molar-refractivity contribution in [1.82, 2.24) is 5.32 Å². The molecule has 0 spiro atoms. The van der Waals surface area contributed by atoms with Crippen LogP contribution in [0.1, 0.15) is 29.0 Å². The van der Waals surface area contributed by atoms with Crippen LogP contribution in [-0.2, 0) is 0 Å². The topological polar surface area (TPSA) is 12.0 Å². The summed E-state index contributed by atoms with van der Waals surface area (Å²) in [6.07, 6.45) is 0. The molecule has 0 aliphatic rings. The van der Waals surface area contributed by atoms with Gasteiger partial charge in [0.15, 0.2) is 0 Å². The second-order valence-electron chi connectivity index (χ2n) is 4.23. The summed E-state index contributed by atoms with van der Waals surface area (Å²) in [6.45, 7) is 4.92. The molecule has 1 unspecified atom stereocenters. The molecule has 1 aromatic carbocycles. The van der Waals surface area contributed by atoms with E-state index in [1.807, 2.05) is 13.0 Å². The zero-order valence-electron chi connectivity index (χ0n) is 10.6.